The van der Waals surface area contributed by atoms with Gasteiger partial charge in [0.1, 0.15) is 0 Å². The van der Waals surface area contributed by atoms with Crippen molar-refractivity contribution in [1.82, 2.24) is 0 Å². The molecule has 0 aliphatic heterocycles. The van der Waals surface area contributed by atoms with Crippen LogP contribution in [-0.4, -0.2) is 45.6 Å². The number of carbonyl (C=O) groups is 2. The summed E-state index contributed by atoms with van der Waals surface area (Å²) in [5.41, 5.74) is 0.167. The van der Waals surface area contributed by atoms with E-state index >= 15 is 0 Å². The molecule has 0 saturated carbocycles. The van der Waals surface area contributed by atoms with Crippen molar-refractivity contribution in [3.63, 3.8) is 0 Å². The van der Waals surface area contributed by atoms with Crippen LogP contribution >= 0.6 is 0 Å². The Morgan fingerprint density at radius 2 is 1.00 bits per heavy atom. The van der Waals surface area contributed by atoms with Crippen molar-refractivity contribution in [2.45, 2.75) is 13.8 Å². The van der Waals surface area contributed by atoms with Gasteiger partial charge in [0.2, 0.25) is 0 Å². The fourth-order valence-corrected chi connectivity index (χ4v) is 0.755. The maximum atomic E-state index is 10.3. The maximum absolute atomic E-state index is 10.3. The van der Waals surface area contributed by atoms with Crippen molar-refractivity contribution in [3.05, 3.63) is 35.4 Å². The van der Waals surface area contributed by atoms with E-state index in [1.165, 1.54) is 24.3 Å². The van der Waals surface area contributed by atoms with Crippen molar-refractivity contribution in [2.24, 2.45) is 0 Å². The highest BCUT2D eigenvalue weighted by Gasteiger charge is 2.04. The van der Waals surface area contributed by atoms with Gasteiger partial charge in [-0.2, -0.15) is 0 Å². The van der Waals surface area contributed by atoms with Crippen LogP contribution in [0, 0.1) is 0 Å². The zero-order chi connectivity index (χ0) is 14.6. The Morgan fingerprint density at radius 1 is 0.833 bits per heavy atom. The van der Waals surface area contributed by atoms with E-state index in [1.54, 1.807) is 13.8 Å². The third-order valence-electron chi connectivity index (χ3n) is 1.38. The Morgan fingerprint density at radius 3 is 1.11 bits per heavy atom. The van der Waals surface area contributed by atoms with Gasteiger partial charge in [-0.1, -0.05) is 0 Å². The summed E-state index contributed by atoms with van der Waals surface area (Å²) in [6.45, 7) is 3.86. The summed E-state index contributed by atoms with van der Waals surface area (Å²) in [4.78, 5) is 20.7. The summed E-state index contributed by atoms with van der Waals surface area (Å²) < 4.78 is 0. The zero-order valence-corrected chi connectivity index (χ0v) is 10.3. The highest BCUT2D eigenvalue weighted by Crippen LogP contribution is 2.03. The first-order valence-corrected chi connectivity index (χ1v) is 5.22. The van der Waals surface area contributed by atoms with Gasteiger partial charge in [0.15, 0.2) is 0 Å². The maximum Gasteiger partial charge on any atom is 0.335 e. The number of benzene rings is 1. The Balaban J connectivity index is 0. The second-order valence-corrected chi connectivity index (χ2v) is 2.82. The second kappa shape index (κ2) is 11.6. The quantitative estimate of drug-likeness (QED) is 0.631. The molecule has 0 heterocycles. The predicted octanol–water partition coefficient (Wildman–Crippen LogP) is 1.08. The first-order valence-electron chi connectivity index (χ1n) is 5.22. The largest absolute Gasteiger partial charge is 0.478 e. The smallest absolute Gasteiger partial charge is 0.335 e. The van der Waals surface area contributed by atoms with Gasteiger partial charge in [-0.05, 0) is 38.1 Å². The molecule has 0 aliphatic rings. The molecule has 1 aromatic carbocycles. The molecule has 18 heavy (non-hydrogen) atoms. The summed E-state index contributed by atoms with van der Waals surface area (Å²) in [7, 11) is 0. The molecule has 4 N–H and O–H groups in total. The topological polar surface area (TPSA) is 115 Å². The minimum Gasteiger partial charge on any atom is -0.478 e. The average Bonchev–Trinajstić information content (AvgIpc) is 2.31. The van der Waals surface area contributed by atoms with E-state index in [0.29, 0.717) is 0 Å². The molecule has 0 aromatic heterocycles. The highest BCUT2D eigenvalue weighted by molar-refractivity contribution is 5.91. The zero-order valence-electron chi connectivity index (χ0n) is 10.3. The number of rotatable bonds is 2. The molecular weight excluding hydrogens is 240 g/mol. The summed E-state index contributed by atoms with van der Waals surface area (Å²) in [6.07, 6.45) is 0. The van der Waals surface area contributed by atoms with Gasteiger partial charge in [0.05, 0.1) is 11.1 Å². The number of aliphatic hydroxyl groups excluding tert-OH is 2. The normalized spacial score (nSPS) is 8.22. The number of hydrogen-bond acceptors (Lipinski definition) is 4. The van der Waals surface area contributed by atoms with E-state index in [4.69, 9.17) is 20.4 Å². The fraction of sp³-hybridized carbons (Fsp3) is 0.333. The van der Waals surface area contributed by atoms with Crippen molar-refractivity contribution in [3.8, 4) is 0 Å². The Hall–Kier alpha value is -1.92. The Kier molecular flexibility index (Phi) is 11.8. The van der Waals surface area contributed by atoms with Crippen LogP contribution in [0.25, 0.3) is 0 Å². The molecule has 0 amide bonds. The molecule has 1 aromatic rings. The van der Waals surface area contributed by atoms with E-state index in [-0.39, 0.29) is 24.3 Å². The molecule has 0 spiro atoms. The number of aromatic carboxylic acids is 2. The van der Waals surface area contributed by atoms with E-state index in [0.717, 1.165) is 0 Å². The summed E-state index contributed by atoms with van der Waals surface area (Å²) in [5.74, 6) is -2.13. The van der Waals surface area contributed by atoms with Gasteiger partial charge < -0.3 is 20.4 Å². The summed E-state index contributed by atoms with van der Waals surface area (Å²) in [6, 6.07) is 5.02. The van der Waals surface area contributed by atoms with Gasteiger partial charge in [0, 0.05) is 13.2 Å². The second-order valence-electron chi connectivity index (χ2n) is 2.82. The van der Waals surface area contributed by atoms with Crippen LogP contribution in [0.15, 0.2) is 24.3 Å². The molecule has 0 aliphatic carbocycles. The average molecular weight is 258 g/mol. The molecule has 102 valence electrons. The molecule has 0 bridgehead atoms. The first kappa shape index (κ1) is 18.4. The van der Waals surface area contributed by atoms with Crippen LogP contribution in [0.1, 0.15) is 34.6 Å². The SMILES string of the molecule is CCO.CCO.O=C(O)c1ccc(C(=O)O)cc1. The predicted molar refractivity (Wildman–Crippen MR) is 65.9 cm³/mol. The van der Waals surface area contributed by atoms with Crippen molar-refractivity contribution in [2.75, 3.05) is 13.2 Å². The molecule has 0 atom stereocenters. The molecule has 0 saturated heterocycles. The van der Waals surface area contributed by atoms with Crippen molar-refractivity contribution >= 4 is 11.9 Å². The molecule has 0 radical (unpaired) electrons. The van der Waals surface area contributed by atoms with Crippen LogP contribution in [0.3, 0.4) is 0 Å². The molecular formula is C12H18O6. The number of carboxylic acids is 2. The minimum atomic E-state index is -1.06. The first-order chi connectivity index (χ1) is 8.44. The van der Waals surface area contributed by atoms with E-state index < -0.39 is 11.9 Å². The lowest BCUT2D eigenvalue weighted by molar-refractivity contribution is 0.0681. The van der Waals surface area contributed by atoms with Crippen molar-refractivity contribution in [1.29, 1.82) is 0 Å². The standard InChI is InChI=1S/C8H6O4.2C2H6O/c9-7(10)5-1-2-6(4-3-5)8(11)12;2*1-2-3/h1-4H,(H,9,10)(H,11,12);2*3H,2H2,1H3. The van der Waals surface area contributed by atoms with Gasteiger partial charge in [0.25, 0.3) is 0 Å². The fourth-order valence-electron chi connectivity index (χ4n) is 0.755. The van der Waals surface area contributed by atoms with Crippen molar-refractivity contribution < 1.29 is 30.0 Å². The van der Waals surface area contributed by atoms with Crippen LogP contribution in [0.5, 0.6) is 0 Å². The third kappa shape index (κ3) is 9.32. The van der Waals surface area contributed by atoms with Gasteiger partial charge >= 0.3 is 11.9 Å². The molecule has 0 unspecified atom stereocenters. The third-order valence-corrected chi connectivity index (χ3v) is 1.38. The summed E-state index contributed by atoms with van der Waals surface area (Å²) in [5, 5.41) is 32.1. The van der Waals surface area contributed by atoms with E-state index in [9.17, 15) is 9.59 Å². The lowest BCUT2D eigenvalue weighted by Crippen LogP contribution is -1.99. The number of hydrogen-bond donors (Lipinski definition) is 4. The highest BCUT2D eigenvalue weighted by atomic mass is 16.4. The lowest BCUT2D eigenvalue weighted by Gasteiger charge is -1.94. The Bertz CT molecular complexity index is 309. The van der Waals surface area contributed by atoms with Gasteiger partial charge in [-0.3, -0.25) is 0 Å². The molecule has 0 fully saturated rings. The number of carboxylic acid groups (broad SMARTS) is 2. The summed E-state index contributed by atoms with van der Waals surface area (Å²) >= 11 is 0. The van der Waals surface area contributed by atoms with E-state index in [1.807, 2.05) is 0 Å². The minimum absolute atomic E-state index is 0.0833. The molecule has 6 nitrogen and oxygen atoms in total. The number of aliphatic hydroxyl groups is 2. The van der Waals surface area contributed by atoms with Gasteiger partial charge in [-0.25, -0.2) is 9.59 Å². The van der Waals surface area contributed by atoms with Crippen LogP contribution in [-0.2, 0) is 0 Å². The molecule has 1 rings (SSSR count). The molecule has 6 heteroatoms. The van der Waals surface area contributed by atoms with Crippen LogP contribution in [0.4, 0.5) is 0 Å². The monoisotopic (exact) mass is 258 g/mol. The van der Waals surface area contributed by atoms with Crippen LogP contribution in [0.2, 0.25) is 0 Å². The lowest BCUT2D eigenvalue weighted by atomic mass is 10.1. The van der Waals surface area contributed by atoms with Gasteiger partial charge in [-0.15, -0.1) is 0 Å². The van der Waals surface area contributed by atoms with Crippen LogP contribution < -0.4 is 0 Å². The van der Waals surface area contributed by atoms with E-state index in [2.05, 4.69) is 0 Å². The Labute approximate surface area is 105 Å².